The molecule has 3 aromatic heterocycles. The number of aromatic nitrogens is 5. The van der Waals surface area contributed by atoms with Crippen LogP contribution in [-0.4, -0.2) is 31.1 Å². The maximum absolute atomic E-state index is 13.1. The molecule has 33 heavy (non-hydrogen) atoms. The van der Waals surface area contributed by atoms with Crippen LogP contribution in [0.5, 0.6) is 11.5 Å². The molecule has 0 bridgehead atoms. The van der Waals surface area contributed by atoms with Gasteiger partial charge in [-0.25, -0.2) is 4.52 Å². The zero-order valence-electron chi connectivity index (χ0n) is 17.8. The fourth-order valence-corrected chi connectivity index (χ4v) is 3.82. The Bertz CT molecular complexity index is 1530. The molecule has 0 radical (unpaired) electrons. The molecule has 0 saturated carbocycles. The van der Waals surface area contributed by atoms with Crippen molar-refractivity contribution in [3.63, 3.8) is 0 Å². The molecule has 1 aliphatic heterocycles. The molecule has 0 spiro atoms. The summed E-state index contributed by atoms with van der Waals surface area (Å²) in [6.45, 7) is 2.46. The molecule has 2 aromatic carbocycles. The number of rotatable bonds is 5. The number of benzene rings is 2. The molecular weight excluding hydrogens is 422 g/mol. The number of fused-ring (bicyclic) bond motifs is 2. The second kappa shape index (κ2) is 7.63. The Hall–Kier alpha value is -4.40. The smallest absolute Gasteiger partial charge is 0.277 e. The third-order valence-corrected chi connectivity index (χ3v) is 5.67. The Morgan fingerprint density at radius 2 is 1.79 bits per heavy atom. The summed E-state index contributed by atoms with van der Waals surface area (Å²) in [5, 5.41) is 8.59. The number of ether oxygens (including phenoxy) is 2. The molecule has 0 aliphatic carbocycles. The standard InChI is InChI=1S/C24H19N5O4/c1-2-15-3-5-16(6-4-15)18-12-19-24(30)28(9-10-29(19)26-18)13-22-25-23(27-33-22)17-7-8-20-21(11-17)32-14-31-20/h3-12H,2,13-14H2,1H3. The van der Waals surface area contributed by atoms with Crippen LogP contribution < -0.4 is 15.0 Å². The molecule has 9 nitrogen and oxygen atoms in total. The first-order valence-corrected chi connectivity index (χ1v) is 10.6. The molecule has 0 N–H and O–H groups in total. The first-order chi connectivity index (χ1) is 16.2. The normalized spacial score (nSPS) is 12.5. The molecule has 0 amide bonds. The van der Waals surface area contributed by atoms with Crippen molar-refractivity contribution >= 4 is 5.52 Å². The van der Waals surface area contributed by atoms with E-state index >= 15 is 0 Å². The number of nitrogens with zero attached hydrogens (tertiary/aromatic N) is 5. The van der Waals surface area contributed by atoms with Gasteiger partial charge in [-0.3, -0.25) is 4.79 Å². The third kappa shape index (κ3) is 3.43. The quantitative estimate of drug-likeness (QED) is 0.411. The molecule has 0 fully saturated rings. The largest absolute Gasteiger partial charge is 0.454 e. The maximum atomic E-state index is 13.1. The molecule has 0 atom stereocenters. The summed E-state index contributed by atoms with van der Waals surface area (Å²) in [6, 6.07) is 15.4. The SMILES string of the molecule is CCc1ccc(-c2cc3c(=O)n(Cc4nc(-c5ccc6c(c5)OCO6)no4)ccn3n2)cc1. The van der Waals surface area contributed by atoms with Crippen molar-refractivity contribution < 1.29 is 14.0 Å². The van der Waals surface area contributed by atoms with Crippen molar-refractivity contribution in [3.05, 3.63) is 82.7 Å². The minimum absolute atomic E-state index is 0.151. The van der Waals surface area contributed by atoms with E-state index in [0.717, 1.165) is 23.2 Å². The second-order valence-electron chi connectivity index (χ2n) is 7.72. The fourth-order valence-electron chi connectivity index (χ4n) is 3.82. The molecule has 9 heteroatoms. The summed E-state index contributed by atoms with van der Waals surface area (Å²) in [6.07, 6.45) is 4.38. The van der Waals surface area contributed by atoms with Gasteiger partial charge >= 0.3 is 0 Å². The van der Waals surface area contributed by atoms with Gasteiger partial charge in [-0.15, -0.1) is 0 Å². The number of hydrogen-bond donors (Lipinski definition) is 0. The predicted octanol–water partition coefficient (Wildman–Crippen LogP) is 3.55. The van der Waals surface area contributed by atoms with Gasteiger partial charge in [0.15, 0.2) is 11.5 Å². The molecule has 0 saturated heterocycles. The summed E-state index contributed by atoms with van der Waals surface area (Å²) in [7, 11) is 0. The number of aryl methyl sites for hydroxylation is 1. The highest BCUT2D eigenvalue weighted by molar-refractivity contribution is 5.65. The summed E-state index contributed by atoms with van der Waals surface area (Å²) < 4.78 is 19.2. The molecule has 4 heterocycles. The average Bonchev–Trinajstić information content (AvgIpc) is 3.60. The minimum atomic E-state index is -0.191. The second-order valence-corrected chi connectivity index (χ2v) is 7.72. The molecule has 164 valence electrons. The average molecular weight is 441 g/mol. The van der Waals surface area contributed by atoms with E-state index in [9.17, 15) is 4.79 Å². The number of hydrogen-bond acceptors (Lipinski definition) is 7. The molecular formula is C24H19N5O4. The Kier molecular flexibility index (Phi) is 4.46. The fraction of sp³-hybridized carbons (Fsp3) is 0.167. The summed E-state index contributed by atoms with van der Waals surface area (Å²) in [5.74, 6) is 2.06. The first-order valence-electron chi connectivity index (χ1n) is 10.6. The van der Waals surface area contributed by atoms with Crippen LogP contribution in [0, 0.1) is 0 Å². The highest BCUT2D eigenvalue weighted by Crippen LogP contribution is 2.35. The summed E-state index contributed by atoms with van der Waals surface area (Å²) in [5.41, 5.74) is 3.99. The van der Waals surface area contributed by atoms with Crippen LogP contribution >= 0.6 is 0 Å². The van der Waals surface area contributed by atoms with Crippen LogP contribution in [0.3, 0.4) is 0 Å². The highest BCUT2D eigenvalue weighted by atomic mass is 16.7. The minimum Gasteiger partial charge on any atom is -0.454 e. The lowest BCUT2D eigenvalue weighted by atomic mass is 10.1. The van der Waals surface area contributed by atoms with E-state index < -0.39 is 0 Å². The van der Waals surface area contributed by atoms with E-state index in [-0.39, 0.29) is 18.9 Å². The molecule has 0 unspecified atom stereocenters. The lowest BCUT2D eigenvalue weighted by Gasteiger charge is -2.02. The van der Waals surface area contributed by atoms with Crippen molar-refractivity contribution in [1.82, 2.24) is 24.3 Å². The zero-order valence-corrected chi connectivity index (χ0v) is 17.8. The van der Waals surface area contributed by atoms with Crippen molar-refractivity contribution in [2.24, 2.45) is 0 Å². The lowest BCUT2D eigenvalue weighted by Crippen LogP contribution is -2.21. The van der Waals surface area contributed by atoms with Gasteiger partial charge in [0, 0.05) is 23.5 Å². The van der Waals surface area contributed by atoms with Crippen LogP contribution in [-0.2, 0) is 13.0 Å². The van der Waals surface area contributed by atoms with Gasteiger partial charge in [0.05, 0.1) is 5.69 Å². The Morgan fingerprint density at radius 3 is 2.64 bits per heavy atom. The van der Waals surface area contributed by atoms with Gasteiger partial charge in [0.2, 0.25) is 18.5 Å². The predicted molar refractivity (Wildman–Crippen MR) is 119 cm³/mol. The van der Waals surface area contributed by atoms with Gasteiger partial charge in [0.25, 0.3) is 5.56 Å². The molecule has 6 rings (SSSR count). The lowest BCUT2D eigenvalue weighted by molar-refractivity contribution is 0.174. The van der Waals surface area contributed by atoms with Gasteiger partial charge < -0.3 is 18.6 Å². The Balaban J connectivity index is 1.28. The van der Waals surface area contributed by atoms with Crippen molar-refractivity contribution in [1.29, 1.82) is 0 Å². The van der Waals surface area contributed by atoms with Crippen molar-refractivity contribution in [3.8, 4) is 34.1 Å². The van der Waals surface area contributed by atoms with Crippen molar-refractivity contribution in [2.45, 2.75) is 19.9 Å². The maximum Gasteiger partial charge on any atom is 0.277 e. The highest BCUT2D eigenvalue weighted by Gasteiger charge is 2.17. The van der Waals surface area contributed by atoms with Gasteiger partial charge in [-0.05, 0) is 36.2 Å². The van der Waals surface area contributed by atoms with Crippen LogP contribution in [0.15, 0.2) is 70.2 Å². The van der Waals surface area contributed by atoms with Crippen molar-refractivity contribution in [2.75, 3.05) is 6.79 Å². The van der Waals surface area contributed by atoms with E-state index in [1.165, 1.54) is 10.1 Å². The van der Waals surface area contributed by atoms with Crippen LogP contribution in [0.2, 0.25) is 0 Å². The van der Waals surface area contributed by atoms with Gasteiger partial charge in [-0.1, -0.05) is 36.3 Å². The van der Waals surface area contributed by atoms with E-state index in [0.29, 0.717) is 28.7 Å². The molecule has 1 aliphatic rings. The Labute approximate surface area is 187 Å². The summed E-state index contributed by atoms with van der Waals surface area (Å²) in [4.78, 5) is 17.5. The zero-order chi connectivity index (χ0) is 22.4. The third-order valence-electron chi connectivity index (χ3n) is 5.67. The topological polar surface area (TPSA) is 96.7 Å². The monoisotopic (exact) mass is 441 g/mol. The van der Waals surface area contributed by atoms with E-state index in [1.807, 2.05) is 18.2 Å². The van der Waals surface area contributed by atoms with Crippen LogP contribution in [0.4, 0.5) is 0 Å². The van der Waals surface area contributed by atoms with Crippen LogP contribution in [0.25, 0.3) is 28.2 Å². The Morgan fingerprint density at radius 1 is 0.970 bits per heavy atom. The molecule has 5 aromatic rings. The van der Waals surface area contributed by atoms with E-state index in [1.54, 1.807) is 35.1 Å². The summed E-state index contributed by atoms with van der Waals surface area (Å²) >= 11 is 0. The van der Waals surface area contributed by atoms with E-state index in [4.69, 9.17) is 14.0 Å². The first kappa shape index (κ1) is 19.3. The van der Waals surface area contributed by atoms with Gasteiger partial charge in [0.1, 0.15) is 12.1 Å². The van der Waals surface area contributed by atoms with Gasteiger partial charge in [-0.2, -0.15) is 10.1 Å². The van der Waals surface area contributed by atoms with E-state index in [2.05, 4.69) is 34.3 Å². The van der Waals surface area contributed by atoms with Crippen LogP contribution in [0.1, 0.15) is 18.4 Å².